The molecular formula is C11H15ClFNO. The number of aliphatic hydroxyl groups is 1. The topological polar surface area (TPSA) is 46.2 Å². The average molecular weight is 232 g/mol. The molecule has 1 aromatic rings. The van der Waals surface area contributed by atoms with Crippen molar-refractivity contribution in [2.75, 3.05) is 6.54 Å². The minimum Gasteiger partial charge on any atom is -0.384 e. The lowest BCUT2D eigenvalue weighted by atomic mass is 9.89. The summed E-state index contributed by atoms with van der Waals surface area (Å²) in [6.07, 6.45) is 1.16. The quantitative estimate of drug-likeness (QED) is 0.836. The van der Waals surface area contributed by atoms with Gasteiger partial charge in [-0.2, -0.15) is 0 Å². The molecule has 84 valence electrons. The van der Waals surface area contributed by atoms with Crippen LogP contribution < -0.4 is 5.73 Å². The first-order valence-corrected chi connectivity index (χ1v) is 5.29. The molecule has 0 saturated carbocycles. The number of hydrogen-bond acceptors (Lipinski definition) is 2. The van der Waals surface area contributed by atoms with E-state index in [1.165, 1.54) is 12.1 Å². The van der Waals surface area contributed by atoms with E-state index in [1.807, 2.05) is 6.92 Å². The summed E-state index contributed by atoms with van der Waals surface area (Å²) in [6, 6.07) is 4.23. The predicted octanol–water partition coefficient (Wildman–Crippen LogP) is 2.43. The Labute approximate surface area is 93.9 Å². The molecule has 0 aromatic heterocycles. The molecule has 0 heterocycles. The summed E-state index contributed by atoms with van der Waals surface area (Å²) in [5, 5.41) is 10.5. The summed E-state index contributed by atoms with van der Waals surface area (Å²) in [6.45, 7) is 1.91. The van der Waals surface area contributed by atoms with Crippen molar-refractivity contribution in [3.05, 3.63) is 34.6 Å². The highest BCUT2D eigenvalue weighted by Gasteiger charge is 2.29. The highest BCUT2D eigenvalue weighted by atomic mass is 35.5. The van der Waals surface area contributed by atoms with Crippen LogP contribution >= 0.6 is 11.6 Å². The smallest absolute Gasteiger partial charge is 0.130 e. The van der Waals surface area contributed by atoms with E-state index in [0.717, 1.165) is 6.42 Å². The third kappa shape index (κ3) is 2.68. The van der Waals surface area contributed by atoms with E-state index in [-0.39, 0.29) is 12.1 Å². The molecule has 1 atom stereocenters. The van der Waals surface area contributed by atoms with Gasteiger partial charge in [-0.25, -0.2) is 4.39 Å². The van der Waals surface area contributed by atoms with Crippen LogP contribution in [0.15, 0.2) is 18.2 Å². The third-order valence-corrected chi connectivity index (χ3v) is 2.67. The maximum atomic E-state index is 13.6. The number of benzene rings is 1. The van der Waals surface area contributed by atoms with Crippen molar-refractivity contribution in [2.45, 2.75) is 25.4 Å². The van der Waals surface area contributed by atoms with Gasteiger partial charge in [-0.3, -0.25) is 0 Å². The van der Waals surface area contributed by atoms with Crippen LogP contribution in [0, 0.1) is 5.82 Å². The lowest BCUT2D eigenvalue weighted by molar-refractivity contribution is 0.0324. The van der Waals surface area contributed by atoms with Crippen LogP contribution in [-0.4, -0.2) is 11.7 Å². The highest BCUT2D eigenvalue weighted by Crippen LogP contribution is 2.29. The molecule has 0 aliphatic rings. The summed E-state index contributed by atoms with van der Waals surface area (Å²) in [4.78, 5) is 0. The number of nitrogens with two attached hydrogens (primary N) is 1. The summed E-state index contributed by atoms with van der Waals surface area (Å²) in [5.74, 6) is -0.510. The number of rotatable bonds is 4. The molecule has 0 radical (unpaired) electrons. The zero-order valence-electron chi connectivity index (χ0n) is 8.63. The fourth-order valence-electron chi connectivity index (χ4n) is 1.63. The van der Waals surface area contributed by atoms with E-state index in [1.54, 1.807) is 6.07 Å². The Morgan fingerprint density at radius 3 is 2.67 bits per heavy atom. The monoisotopic (exact) mass is 231 g/mol. The summed E-state index contributed by atoms with van der Waals surface area (Å²) in [5.41, 5.74) is 4.41. The molecular weight excluding hydrogens is 217 g/mol. The standard InChI is InChI=1S/C11H15ClFNO/c1-2-5-11(15,7-14)9-4-3-8(12)6-10(9)13/h3-4,6,15H,2,5,7,14H2,1H3. The van der Waals surface area contributed by atoms with Gasteiger partial charge in [0, 0.05) is 17.1 Å². The molecule has 2 nitrogen and oxygen atoms in total. The van der Waals surface area contributed by atoms with Crippen LogP contribution in [0.25, 0.3) is 0 Å². The Morgan fingerprint density at radius 1 is 1.53 bits per heavy atom. The van der Waals surface area contributed by atoms with Gasteiger partial charge in [-0.1, -0.05) is 31.0 Å². The molecule has 1 aromatic carbocycles. The van der Waals surface area contributed by atoms with Crippen LogP contribution in [-0.2, 0) is 5.60 Å². The summed E-state index contributed by atoms with van der Waals surface area (Å²) >= 11 is 5.63. The first-order valence-electron chi connectivity index (χ1n) is 4.91. The van der Waals surface area contributed by atoms with E-state index < -0.39 is 11.4 Å². The second kappa shape index (κ2) is 4.92. The fourth-order valence-corrected chi connectivity index (χ4v) is 1.79. The average Bonchev–Trinajstić information content (AvgIpc) is 2.17. The molecule has 3 N–H and O–H groups in total. The van der Waals surface area contributed by atoms with Gasteiger partial charge < -0.3 is 10.8 Å². The van der Waals surface area contributed by atoms with E-state index >= 15 is 0 Å². The van der Waals surface area contributed by atoms with Crippen LogP contribution in [0.2, 0.25) is 5.02 Å². The Kier molecular flexibility index (Phi) is 4.08. The Hall–Kier alpha value is -0.640. The Morgan fingerprint density at radius 2 is 2.20 bits per heavy atom. The van der Waals surface area contributed by atoms with Gasteiger partial charge in [-0.15, -0.1) is 0 Å². The lowest BCUT2D eigenvalue weighted by Gasteiger charge is -2.27. The van der Waals surface area contributed by atoms with Crippen molar-refractivity contribution in [2.24, 2.45) is 5.73 Å². The molecule has 1 unspecified atom stereocenters. The molecule has 0 amide bonds. The van der Waals surface area contributed by atoms with Gasteiger partial charge in [0.1, 0.15) is 11.4 Å². The number of hydrogen-bond donors (Lipinski definition) is 2. The Bertz CT molecular complexity index is 345. The Balaban J connectivity index is 3.12. The van der Waals surface area contributed by atoms with Crippen LogP contribution in [0.1, 0.15) is 25.3 Å². The largest absolute Gasteiger partial charge is 0.384 e. The van der Waals surface area contributed by atoms with Crippen molar-refractivity contribution in [3.63, 3.8) is 0 Å². The number of halogens is 2. The first-order chi connectivity index (χ1) is 7.03. The van der Waals surface area contributed by atoms with Crippen molar-refractivity contribution in [1.29, 1.82) is 0 Å². The van der Waals surface area contributed by atoms with E-state index in [4.69, 9.17) is 17.3 Å². The maximum absolute atomic E-state index is 13.6. The molecule has 0 bridgehead atoms. The van der Waals surface area contributed by atoms with Crippen molar-refractivity contribution in [3.8, 4) is 0 Å². The molecule has 0 aliphatic heterocycles. The van der Waals surface area contributed by atoms with Crippen LogP contribution in [0.3, 0.4) is 0 Å². The molecule has 15 heavy (non-hydrogen) atoms. The zero-order chi connectivity index (χ0) is 11.5. The van der Waals surface area contributed by atoms with E-state index in [2.05, 4.69) is 0 Å². The highest BCUT2D eigenvalue weighted by molar-refractivity contribution is 6.30. The third-order valence-electron chi connectivity index (χ3n) is 2.43. The van der Waals surface area contributed by atoms with Gasteiger partial charge in [0.05, 0.1) is 0 Å². The van der Waals surface area contributed by atoms with Crippen molar-refractivity contribution in [1.82, 2.24) is 0 Å². The first kappa shape index (κ1) is 12.4. The van der Waals surface area contributed by atoms with Crippen LogP contribution in [0.5, 0.6) is 0 Å². The van der Waals surface area contributed by atoms with Gasteiger partial charge in [0.2, 0.25) is 0 Å². The molecule has 0 saturated heterocycles. The van der Waals surface area contributed by atoms with Crippen LogP contribution in [0.4, 0.5) is 4.39 Å². The molecule has 1 rings (SSSR count). The van der Waals surface area contributed by atoms with E-state index in [0.29, 0.717) is 11.4 Å². The molecule has 4 heteroatoms. The fraction of sp³-hybridized carbons (Fsp3) is 0.455. The van der Waals surface area contributed by atoms with Gasteiger partial charge in [-0.05, 0) is 18.6 Å². The molecule has 0 spiro atoms. The van der Waals surface area contributed by atoms with Crippen molar-refractivity contribution < 1.29 is 9.50 Å². The van der Waals surface area contributed by atoms with Crippen molar-refractivity contribution >= 4 is 11.6 Å². The summed E-state index contributed by atoms with van der Waals surface area (Å²) in [7, 11) is 0. The second-order valence-electron chi connectivity index (χ2n) is 3.61. The molecule has 0 aliphatic carbocycles. The normalized spacial score (nSPS) is 15.0. The minimum absolute atomic E-state index is 0.000603. The SMILES string of the molecule is CCCC(O)(CN)c1ccc(Cl)cc1F. The van der Waals surface area contributed by atoms with Gasteiger partial charge >= 0.3 is 0 Å². The molecule has 0 fully saturated rings. The minimum atomic E-state index is -1.29. The summed E-state index contributed by atoms with van der Waals surface area (Å²) < 4.78 is 13.6. The zero-order valence-corrected chi connectivity index (χ0v) is 9.39. The van der Waals surface area contributed by atoms with Gasteiger partial charge in [0.15, 0.2) is 0 Å². The maximum Gasteiger partial charge on any atom is 0.130 e. The predicted molar refractivity (Wildman–Crippen MR) is 59.3 cm³/mol. The van der Waals surface area contributed by atoms with E-state index in [9.17, 15) is 9.50 Å². The lowest BCUT2D eigenvalue weighted by Crippen LogP contribution is -2.35. The second-order valence-corrected chi connectivity index (χ2v) is 4.05. The van der Waals surface area contributed by atoms with Gasteiger partial charge in [0.25, 0.3) is 0 Å².